The predicted molar refractivity (Wildman–Crippen MR) is 72.4 cm³/mol. The molecule has 1 aromatic rings. The van der Waals surface area contributed by atoms with E-state index < -0.39 is 28.6 Å². The van der Waals surface area contributed by atoms with E-state index in [0.717, 1.165) is 0 Å². The number of rotatable bonds is 5. The van der Waals surface area contributed by atoms with Gasteiger partial charge in [0, 0.05) is 12.7 Å². The van der Waals surface area contributed by atoms with Crippen LogP contribution < -0.4 is 9.62 Å². The normalized spacial score (nSPS) is 15.9. The predicted octanol–water partition coefficient (Wildman–Crippen LogP) is -1.07. The third-order valence-electron chi connectivity index (χ3n) is 3.22. The van der Waals surface area contributed by atoms with E-state index in [1.165, 1.54) is 23.1 Å². The summed E-state index contributed by atoms with van der Waals surface area (Å²) in [4.78, 5) is 23.6. The lowest BCUT2D eigenvalue weighted by Gasteiger charge is -2.14. The molecule has 0 saturated heterocycles. The van der Waals surface area contributed by atoms with Crippen molar-refractivity contribution in [3.8, 4) is 0 Å². The molecule has 1 aliphatic rings. The number of benzene rings is 1. The number of nitrogens with zero attached hydrogens (tertiary/aromatic N) is 1. The van der Waals surface area contributed by atoms with E-state index in [2.05, 4.69) is 0 Å². The summed E-state index contributed by atoms with van der Waals surface area (Å²) in [6, 6.07) is 2.48. The van der Waals surface area contributed by atoms with Crippen LogP contribution in [0.4, 0.5) is 5.69 Å². The Kier molecular flexibility index (Phi) is 3.99. The van der Waals surface area contributed by atoms with Crippen LogP contribution in [-0.2, 0) is 26.0 Å². The van der Waals surface area contributed by atoms with E-state index in [1.807, 2.05) is 4.72 Å². The second-order valence-electron chi connectivity index (χ2n) is 4.61. The molecule has 0 saturated carbocycles. The van der Waals surface area contributed by atoms with Crippen molar-refractivity contribution in [3.05, 3.63) is 23.8 Å². The number of sulfonamides is 1. The Balaban J connectivity index is 2.33. The zero-order valence-corrected chi connectivity index (χ0v) is 11.9. The summed E-state index contributed by atoms with van der Waals surface area (Å²) >= 11 is 0. The fraction of sp³-hybridized carbons (Fsp3) is 0.333. The number of aliphatic hydroxyl groups excluding tert-OH is 1. The Bertz CT molecular complexity index is 700. The summed E-state index contributed by atoms with van der Waals surface area (Å²) < 4.78 is 26.1. The number of aliphatic carboxylic acids is 1. The van der Waals surface area contributed by atoms with Crippen molar-refractivity contribution >= 4 is 27.6 Å². The second kappa shape index (κ2) is 5.43. The number of anilines is 1. The van der Waals surface area contributed by atoms with Crippen molar-refractivity contribution in [1.82, 2.24) is 4.72 Å². The average Bonchev–Trinajstić information content (AvgIpc) is 2.70. The largest absolute Gasteiger partial charge is 0.480 e. The van der Waals surface area contributed by atoms with Crippen LogP contribution in [0.3, 0.4) is 0 Å². The number of carbonyl (C=O) groups is 2. The van der Waals surface area contributed by atoms with Gasteiger partial charge in [-0.2, -0.15) is 4.72 Å². The minimum Gasteiger partial charge on any atom is -0.480 e. The van der Waals surface area contributed by atoms with Crippen LogP contribution in [0.2, 0.25) is 0 Å². The van der Waals surface area contributed by atoms with Gasteiger partial charge in [-0.05, 0) is 23.8 Å². The molecule has 0 aliphatic carbocycles. The van der Waals surface area contributed by atoms with Gasteiger partial charge in [0.15, 0.2) is 0 Å². The lowest BCUT2D eigenvalue weighted by Crippen LogP contribution is -2.43. The Morgan fingerprint density at radius 3 is 2.71 bits per heavy atom. The molecule has 1 heterocycles. The number of fused-ring (bicyclic) bond motifs is 1. The summed E-state index contributed by atoms with van der Waals surface area (Å²) in [5, 5.41) is 17.6. The SMILES string of the molecule is CN1C(=O)Cc2cc(S(=O)(=O)N[C@@H](CO)C(=O)O)ccc21. The molecule has 9 heteroatoms. The lowest BCUT2D eigenvalue weighted by molar-refractivity contribution is -0.139. The quantitative estimate of drug-likeness (QED) is 0.636. The molecular formula is C12H14N2O6S. The molecule has 0 unspecified atom stereocenters. The van der Waals surface area contributed by atoms with Gasteiger partial charge in [-0.3, -0.25) is 9.59 Å². The van der Waals surface area contributed by atoms with Crippen molar-refractivity contribution in [2.75, 3.05) is 18.6 Å². The summed E-state index contributed by atoms with van der Waals surface area (Å²) in [5.41, 5.74) is 1.18. The number of hydrogen-bond acceptors (Lipinski definition) is 5. The van der Waals surface area contributed by atoms with E-state index in [4.69, 9.17) is 10.2 Å². The third kappa shape index (κ3) is 2.89. The van der Waals surface area contributed by atoms with Gasteiger partial charge in [-0.15, -0.1) is 0 Å². The maximum absolute atomic E-state index is 12.1. The van der Waals surface area contributed by atoms with E-state index >= 15 is 0 Å². The van der Waals surface area contributed by atoms with Gasteiger partial charge in [0.25, 0.3) is 0 Å². The minimum absolute atomic E-state index is 0.0948. The topological polar surface area (TPSA) is 124 Å². The van der Waals surface area contributed by atoms with Crippen LogP contribution in [0.1, 0.15) is 5.56 Å². The van der Waals surface area contributed by atoms with Crippen molar-refractivity contribution in [2.45, 2.75) is 17.4 Å². The number of amides is 1. The summed E-state index contributed by atoms with van der Waals surface area (Å²) in [7, 11) is -2.50. The Morgan fingerprint density at radius 2 is 2.14 bits per heavy atom. The van der Waals surface area contributed by atoms with Crippen LogP contribution in [0.5, 0.6) is 0 Å². The summed E-state index contributed by atoms with van der Waals surface area (Å²) in [5.74, 6) is -1.62. The monoisotopic (exact) mass is 314 g/mol. The highest BCUT2D eigenvalue weighted by Crippen LogP contribution is 2.29. The molecule has 8 nitrogen and oxygen atoms in total. The van der Waals surface area contributed by atoms with Gasteiger partial charge in [0.1, 0.15) is 6.04 Å². The average molecular weight is 314 g/mol. The lowest BCUT2D eigenvalue weighted by atomic mass is 10.2. The maximum atomic E-state index is 12.1. The van der Waals surface area contributed by atoms with Gasteiger partial charge in [0.2, 0.25) is 15.9 Å². The number of likely N-dealkylation sites (N-methyl/N-ethyl adjacent to an activating group) is 1. The molecule has 0 radical (unpaired) electrons. The minimum atomic E-state index is -4.09. The maximum Gasteiger partial charge on any atom is 0.324 e. The van der Waals surface area contributed by atoms with E-state index in [1.54, 1.807) is 7.05 Å². The molecular weight excluding hydrogens is 300 g/mol. The molecule has 0 spiro atoms. The molecule has 3 N–H and O–H groups in total. The first kappa shape index (κ1) is 15.4. The molecule has 0 aromatic heterocycles. The van der Waals surface area contributed by atoms with Crippen LogP contribution in [-0.4, -0.2) is 50.2 Å². The van der Waals surface area contributed by atoms with Crippen molar-refractivity contribution in [1.29, 1.82) is 0 Å². The highest BCUT2D eigenvalue weighted by molar-refractivity contribution is 7.89. The summed E-state index contributed by atoms with van der Waals surface area (Å²) in [6.45, 7) is -0.860. The molecule has 1 amide bonds. The Hall–Kier alpha value is -1.97. The van der Waals surface area contributed by atoms with Gasteiger partial charge in [0.05, 0.1) is 17.9 Å². The number of nitrogens with one attached hydrogen (secondary N) is 1. The Morgan fingerprint density at radius 1 is 1.48 bits per heavy atom. The standard InChI is InChI=1S/C12H14N2O6S/c1-14-10-3-2-8(4-7(10)5-11(14)16)21(19,20)13-9(6-15)12(17)18/h2-4,9,13,15H,5-6H2,1H3,(H,17,18)/t9-/m0/s1. The number of carboxylic acid groups (broad SMARTS) is 1. The molecule has 0 bridgehead atoms. The van der Waals surface area contributed by atoms with Crippen LogP contribution >= 0.6 is 0 Å². The fourth-order valence-electron chi connectivity index (χ4n) is 2.03. The first-order valence-corrected chi connectivity index (χ1v) is 7.50. The Labute approximate surface area is 121 Å². The van der Waals surface area contributed by atoms with E-state index in [0.29, 0.717) is 11.3 Å². The zero-order valence-electron chi connectivity index (χ0n) is 11.1. The second-order valence-corrected chi connectivity index (χ2v) is 6.33. The van der Waals surface area contributed by atoms with Crippen molar-refractivity contribution in [3.63, 3.8) is 0 Å². The summed E-state index contributed by atoms with van der Waals surface area (Å²) in [6.07, 6.45) is 0.0948. The van der Waals surface area contributed by atoms with Crippen LogP contribution in [0.15, 0.2) is 23.1 Å². The van der Waals surface area contributed by atoms with Crippen molar-refractivity contribution in [2.24, 2.45) is 0 Å². The molecule has 1 aromatic carbocycles. The first-order valence-electron chi connectivity index (χ1n) is 6.01. The molecule has 0 fully saturated rings. The molecule has 114 valence electrons. The van der Waals surface area contributed by atoms with Crippen LogP contribution in [0.25, 0.3) is 0 Å². The first-order chi connectivity index (χ1) is 9.76. The molecule has 1 aliphatic heterocycles. The molecule has 2 rings (SSSR count). The number of carbonyl (C=O) groups excluding carboxylic acids is 1. The van der Waals surface area contributed by atoms with Gasteiger partial charge >= 0.3 is 5.97 Å². The van der Waals surface area contributed by atoms with Gasteiger partial charge in [-0.25, -0.2) is 8.42 Å². The van der Waals surface area contributed by atoms with Crippen LogP contribution in [0, 0.1) is 0 Å². The molecule has 21 heavy (non-hydrogen) atoms. The fourth-order valence-corrected chi connectivity index (χ4v) is 3.27. The molecule has 1 atom stereocenters. The number of aliphatic hydroxyl groups is 1. The highest BCUT2D eigenvalue weighted by Gasteiger charge is 2.28. The zero-order chi connectivity index (χ0) is 15.8. The van der Waals surface area contributed by atoms with Gasteiger partial charge in [-0.1, -0.05) is 0 Å². The number of carboxylic acids is 1. The van der Waals surface area contributed by atoms with E-state index in [-0.39, 0.29) is 17.2 Å². The highest BCUT2D eigenvalue weighted by atomic mass is 32.2. The van der Waals surface area contributed by atoms with Gasteiger partial charge < -0.3 is 15.1 Å². The van der Waals surface area contributed by atoms with E-state index in [9.17, 15) is 18.0 Å². The third-order valence-corrected chi connectivity index (χ3v) is 4.69. The van der Waals surface area contributed by atoms with Crippen molar-refractivity contribution < 1.29 is 28.2 Å². The number of hydrogen-bond donors (Lipinski definition) is 3. The smallest absolute Gasteiger partial charge is 0.324 e.